The Morgan fingerprint density at radius 2 is 1.47 bits per heavy atom. The zero-order chi connectivity index (χ0) is 26.0. The first-order chi connectivity index (χ1) is 17.0. The third kappa shape index (κ3) is 5.71. The molecule has 4 aromatic rings. The van der Waals surface area contributed by atoms with Gasteiger partial charge >= 0.3 is 0 Å². The van der Waals surface area contributed by atoms with E-state index in [0.29, 0.717) is 5.16 Å². The van der Waals surface area contributed by atoms with Crippen molar-refractivity contribution in [2.45, 2.75) is 59.0 Å². The first-order valence-corrected chi connectivity index (χ1v) is 13.2. The van der Waals surface area contributed by atoms with E-state index in [2.05, 4.69) is 111 Å². The topological polar surface area (TPSA) is 59.8 Å². The summed E-state index contributed by atoms with van der Waals surface area (Å²) in [6.07, 6.45) is 0. The number of hydrogen-bond donors (Lipinski definition) is 1. The molecule has 1 aromatic heterocycles. The van der Waals surface area contributed by atoms with Crippen molar-refractivity contribution in [1.29, 1.82) is 0 Å². The van der Waals surface area contributed by atoms with Crippen molar-refractivity contribution in [1.82, 2.24) is 14.8 Å². The van der Waals surface area contributed by atoms with E-state index >= 15 is 0 Å². The van der Waals surface area contributed by atoms with E-state index in [1.807, 2.05) is 18.4 Å². The zero-order valence-corrected chi connectivity index (χ0v) is 23.0. The average molecular weight is 499 g/mol. The van der Waals surface area contributed by atoms with Gasteiger partial charge in [-0.15, -0.1) is 10.2 Å². The minimum atomic E-state index is -0.0652. The Balaban J connectivity index is 1.62. The number of thioether (sulfide) groups is 1. The van der Waals surface area contributed by atoms with Crippen LogP contribution in [0.5, 0.6) is 0 Å². The second kappa shape index (κ2) is 10.3. The Morgan fingerprint density at radius 3 is 2.06 bits per heavy atom. The van der Waals surface area contributed by atoms with Crippen LogP contribution in [0, 0.1) is 27.7 Å². The number of hydrogen-bond acceptors (Lipinski definition) is 4. The molecule has 0 unspecified atom stereocenters. The second-order valence-electron chi connectivity index (χ2n) is 10.4. The number of rotatable bonds is 6. The van der Waals surface area contributed by atoms with Gasteiger partial charge in [-0.05, 0) is 61.9 Å². The molecular weight excluding hydrogens is 464 g/mol. The number of amides is 1. The third-order valence-electron chi connectivity index (χ3n) is 6.21. The van der Waals surface area contributed by atoms with Crippen molar-refractivity contribution in [3.05, 3.63) is 88.5 Å². The summed E-state index contributed by atoms with van der Waals surface area (Å²) in [6, 6.07) is 20.9. The molecular formula is C30H34N4OS. The number of nitrogens with one attached hydrogen (secondary N) is 1. The van der Waals surface area contributed by atoms with Crippen LogP contribution in [-0.2, 0) is 10.2 Å². The van der Waals surface area contributed by atoms with Gasteiger partial charge in [0.2, 0.25) is 5.91 Å². The van der Waals surface area contributed by atoms with Crippen LogP contribution >= 0.6 is 11.8 Å². The minimum Gasteiger partial charge on any atom is -0.325 e. The van der Waals surface area contributed by atoms with Crippen molar-refractivity contribution in [3.63, 3.8) is 0 Å². The molecule has 1 N–H and O–H groups in total. The maximum absolute atomic E-state index is 12.9. The van der Waals surface area contributed by atoms with E-state index in [1.165, 1.54) is 28.5 Å². The molecule has 0 aliphatic carbocycles. The Morgan fingerprint density at radius 1 is 0.861 bits per heavy atom. The fourth-order valence-corrected chi connectivity index (χ4v) is 5.03. The summed E-state index contributed by atoms with van der Waals surface area (Å²) >= 11 is 1.39. The van der Waals surface area contributed by atoms with Crippen LogP contribution in [0.15, 0.2) is 65.8 Å². The number of carbonyl (C=O) groups is 1. The highest BCUT2D eigenvalue weighted by atomic mass is 32.2. The number of carbonyl (C=O) groups excluding carboxylic acids is 1. The maximum atomic E-state index is 12.9. The molecule has 0 saturated heterocycles. The van der Waals surface area contributed by atoms with Crippen molar-refractivity contribution >= 4 is 23.4 Å². The standard InChI is InChI=1S/C30H34N4OS/c1-19-8-14-25(15-9-19)34-28(23-10-12-24(13-11-23)30(5,6)7)32-33-29(34)36-18-26(35)31-27-21(3)16-20(2)17-22(27)4/h8-17H,18H2,1-7H3,(H,31,35). The summed E-state index contributed by atoms with van der Waals surface area (Å²) in [5, 5.41) is 12.8. The molecule has 0 aliphatic heterocycles. The number of nitrogens with zero attached hydrogens (tertiary/aromatic N) is 3. The van der Waals surface area contributed by atoms with Crippen LogP contribution in [0.4, 0.5) is 5.69 Å². The molecule has 1 heterocycles. The predicted octanol–water partition coefficient (Wildman–Crippen LogP) is 7.20. The van der Waals surface area contributed by atoms with E-state index in [1.54, 1.807) is 0 Å². The molecule has 0 radical (unpaired) electrons. The van der Waals surface area contributed by atoms with Crippen LogP contribution in [0.2, 0.25) is 0 Å². The number of benzene rings is 3. The molecule has 0 saturated carbocycles. The highest BCUT2D eigenvalue weighted by molar-refractivity contribution is 7.99. The quantitative estimate of drug-likeness (QED) is 0.286. The fourth-order valence-electron chi connectivity index (χ4n) is 4.28. The molecule has 186 valence electrons. The average Bonchev–Trinajstić information content (AvgIpc) is 3.24. The monoisotopic (exact) mass is 498 g/mol. The van der Waals surface area contributed by atoms with Gasteiger partial charge in [-0.3, -0.25) is 9.36 Å². The van der Waals surface area contributed by atoms with Gasteiger partial charge in [-0.25, -0.2) is 0 Å². The van der Waals surface area contributed by atoms with Crippen LogP contribution in [-0.4, -0.2) is 26.4 Å². The Hall–Kier alpha value is -3.38. The minimum absolute atomic E-state index is 0.0652. The van der Waals surface area contributed by atoms with Gasteiger partial charge < -0.3 is 5.32 Å². The lowest BCUT2D eigenvalue weighted by Gasteiger charge is -2.19. The first-order valence-electron chi connectivity index (χ1n) is 12.2. The summed E-state index contributed by atoms with van der Waals surface area (Å²) in [4.78, 5) is 12.9. The number of anilines is 1. The summed E-state index contributed by atoms with van der Waals surface area (Å²) < 4.78 is 2.03. The van der Waals surface area contributed by atoms with Crippen molar-refractivity contribution < 1.29 is 4.79 Å². The van der Waals surface area contributed by atoms with Gasteiger partial charge in [0.05, 0.1) is 5.75 Å². The van der Waals surface area contributed by atoms with Gasteiger partial charge in [0, 0.05) is 16.9 Å². The van der Waals surface area contributed by atoms with E-state index in [4.69, 9.17) is 0 Å². The molecule has 0 bridgehead atoms. The molecule has 0 aliphatic rings. The van der Waals surface area contributed by atoms with Crippen LogP contribution in [0.25, 0.3) is 17.1 Å². The van der Waals surface area contributed by atoms with Crippen molar-refractivity contribution in [2.75, 3.05) is 11.1 Å². The van der Waals surface area contributed by atoms with Gasteiger partial charge in [-0.1, -0.05) is 92.2 Å². The van der Waals surface area contributed by atoms with Crippen LogP contribution in [0.3, 0.4) is 0 Å². The molecule has 0 spiro atoms. The predicted molar refractivity (Wildman–Crippen MR) is 150 cm³/mol. The normalized spacial score (nSPS) is 11.5. The second-order valence-corrected chi connectivity index (χ2v) is 11.4. The SMILES string of the molecule is Cc1ccc(-n2c(SCC(=O)Nc3c(C)cc(C)cc3C)nnc2-c2ccc(C(C)(C)C)cc2)cc1. The van der Waals surface area contributed by atoms with E-state index < -0.39 is 0 Å². The van der Waals surface area contributed by atoms with Crippen LogP contribution < -0.4 is 5.32 Å². The molecule has 3 aromatic carbocycles. The molecule has 0 atom stereocenters. The fraction of sp³-hybridized carbons (Fsp3) is 0.300. The Kier molecular flexibility index (Phi) is 7.36. The van der Waals surface area contributed by atoms with Crippen molar-refractivity contribution in [3.8, 4) is 17.1 Å². The molecule has 1 amide bonds. The van der Waals surface area contributed by atoms with E-state index in [9.17, 15) is 4.79 Å². The Labute approximate surface area is 218 Å². The summed E-state index contributed by atoms with van der Waals surface area (Å²) in [5.41, 5.74) is 8.67. The van der Waals surface area contributed by atoms with E-state index in [0.717, 1.165) is 33.9 Å². The number of aromatic nitrogens is 3. The summed E-state index contributed by atoms with van der Waals surface area (Å²) in [7, 11) is 0. The number of aryl methyl sites for hydroxylation is 4. The zero-order valence-electron chi connectivity index (χ0n) is 22.1. The molecule has 36 heavy (non-hydrogen) atoms. The molecule has 4 rings (SSSR count). The van der Waals surface area contributed by atoms with Gasteiger partial charge in [-0.2, -0.15) is 0 Å². The van der Waals surface area contributed by atoms with Gasteiger partial charge in [0.15, 0.2) is 11.0 Å². The van der Waals surface area contributed by atoms with E-state index in [-0.39, 0.29) is 17.1 Å². The summed E-state index contributed by atoms with van der Waals surface area (Å²) in [6.45, 7) is 14.8. The highest BCUT2D eigenvalue weighted by Crippen LogP contribution is 2.31. The van der Waals surface area contributed by atoms with Crippen LogP contribution in [0.1, 0.15) is 48.6 Å². The summed E-state index contributed by atoms with van der Waals surface area (Å²) in [5.74, 6) is 0.928. The lowest BCUT2D eigenvalue weighted by Crippen LogP contribution is -2.16. The molecule has 6 heteroatoms. The first kappa shape index (κ1) is 25.7. The largest absolute Gasteiger partial charge is 0.325 e. The lowest BCUT2D eigenvalue weighted by molar-refractivity contribution is -0.113. The molecule has 0 fully saturated rings. The smallest absolute Gasteiger partial charge is 0.234 e. The van der Waals surface area contributed by atoms with Gasteiger partial charge in [0.25, 0.3) is 0 Å². The molecule has 5 nitrogen and oxygen atoms in total. The van der Waals surface area contributed by atoms with Crippen molar-refractivity contribution in [2.24, 2.45) is 0 Å². The van der Waals surface area contributed by atoms with Gasteiger partial charge in [0.1, 0.15) is 0 Å². The lowest BCUT2D eigenvalue weighted by atomic mass is 9.87. The Bertz CT molecular complexity index is 1360. The third-order valence-corrected chi connectivity index (χ3v) is 7.14. The highest BCUT2D eigenvalue weighted by Gasteiger charge is 2.19. The maximum Gasteiger partial charge on any atom is 0.234 e.